The third-order valence-corrected chi connectivity index (χ3v) is 4.17. The molecule has 4 heteroatoms. The fourth-order valence-electron chi connectivity index (χ4n) is 0.496. The second-order valence-electron chi connectivity index (χ2n) is 1.57. The summed E-state index contributed by atoms with van der Waals surface area (Å²) < 4.78 is -0.735. The van der Waals surface area contributed by atoms with E-state index in [1.54, 1.807) is 0 Å². The molecule has 0 bridgehead atoms. The maximum absolute atomic E-state index is 10.6. The van der Waals surface area contributed by atoms with Gasteiger partial charge in [-0.3, -0.25) is 0 Å². The van der Waals surface area contributed by atoms with Gasteiger partial charge in [0, 0.05) is 0 Å². The van der Waals surface area contributed by atoms with Gasteiger partial charge in [0.05, 0.1) is 0 Å². The predicted octanol–water partition coefficient (Wildman–Crippen LogP) is 0.244. The quantitative estimate of drug-likeness (QED) is 0.655. The molecule has 0 atom stereocenters. The molecule has 0 aromatic heterocycles. The van der Waals surface area contributed by atoms with Crippen LogP contribution in [-0.4, -0.2) is 13.1 Å². The Labute approximate surface area is 64.7 Å². The predicted molar refractivity (Wildman–Crippen MR) is 32.0 cm³/mol. The summed E-state index contributed by atoms with van der Waals surface area (Å²) in [6.07, 6.45) is 0. The molecule has 0 spiro atoms. The van der Waals surface area contributed by atoms with E-state index in [4.69, 9.17) is 0 Å². The summed E-state index contributed by atoms with van der Waals surface area (Å²) >= 11 is -2.28. The average Bonchev–Trinajstić information content (AvgIpc) is 1.59. The molecule has 0 heterocycles. The van der Waals surface area contributed by atoms with E-state index < -0.39 is 16.0 Å². The zero-order chi connectivity index (χ0) is 8.31. The number of carbonyl (C=O) groups excluding carboxylic acids is 3. The normalized spacial score (nSPS) is 10.5. The molecule has 0 saturated heterocycles. The van der Waals surface area contributed by atoms with Crippen LogP contribution in [0.5, 0.6) is 0 Å². The maximum atomic E-state index is 10.6. The standard InChI is InChI=1S/3C2H3O.Rh/c3*1-2-3;/h3*1H3;. The first kappa shape index (κ1) is 9.63. The van der Waals surface area contributed by atoms with E-state index in [1.807, 2.05) is 0 Å². The molecule has 3 nitrogen and oxygen atoms in total. The van der Waals surface area contributed by atoms with Gasteiger partial charge >= 0.3 is 64.2 Å². The van der Waals surface area contributed by atoms with E-state index in [9.17, 15) is 14.4 Å². The SMILES string of the molecule is C[C](=O)[Rh]([C](C)=O)[C](C)=O. The molecule has 0 radical (unpaired) electrons. The van der Waals surface area contributed by atoms with Crippen LogP contribution in [-0.2, 0) is 30.3 Å². The minimum absolute atomic E-state index is 0.245. The summed E-state index contributed by atoms with van der Waals surface area (Å²) in [5, 5.41) is 0. The Morgan fingerprint density at radius 2 is 1.00 bits per heavy atom. The minimum atomic E-state index is -2.28. The van der Waals surface area contributed by atoms with Crippen LogP contribution in [0.2, 0.25) is 0 Å². The third kappa shape index (κ3) is 2.48. The Morgan fingerprint density at radius 1 is 0.800 bits per heavy atom. The van der Waals surface area contributed by atoms with Crippen molar-refractivity contribution in [3.05, 3.63) is 0 Å². The molecule has 0 N–H and O–H groups in total. The molecule has 0 aromatic carbocycles. The van der Waals surface area contributed by atoms with Crippen molar-refractivity contribution < 1.29 is 30.3 Å². The monoisotopic (exact) mass is 232 g/mol. The number of hydrogen-bond donors (Lipinski definition) is 0. The van der Waals surface area contributed by atoms with Crippen LogP contribution in [0.3, 0.4) is 0 Å². The molecule has 0 aromatic rings. The van der Waals surface area contributed by atoms with Gasteiger partial charge in [-0.2, -0.15) is 0 Å². The molecule has 0 aliphatic heterocycles. The summed E-state index contributed by atoms with van der Waals surface area (Å²) in [6.45, 7) is 3.90. The van der Waals surface area contributed by atoms with Crippen LogP contribution in [0.25, 0.3) is 0 Å². The van der Waals surface area contributed by atoms with Crippen LogP contribution in [0.15, 0.2) is 0 Å². The molecule has 0 unspecified atom stereocenters. The van der Waals surface area contributed by atoms with Crippen LogP contribution in [0, 0.1) is 0 Å². The second-order valence-corrected chi connectivity index (χ2v) is 6.26. The van der Waals surface area contributed by atoms with Crippen molar-refractivity contribution in [3.63, 3.8) is 0 Å². The first-order chi connectivity index (χ1) is 4.46. The summed E-state index contributed by atoms with van der Waals surface area (Å²) in [5.74, 6) is 0. The van der Waals surface area contributed by atoms with Crippen LogP contribution in [0.1, 0.15) is 20.8 Å². The van der Waals surface area contributed by atoms with E-state index in [0.29, 0.717) is 0 Å². The van der Waals surface area contributed by atoms with E-state index in [2.05, 4.69) is 0 Å². The molecule has 10 heavy (non-hydrogen) atoms. The molecule has 0 amide bonds. The summed E-state index contributed by atoms with van der Waals surface area (Å²) in [4.78, 5) is 31.9. The Balaban J connectivity index is 4.43. The van der Waals surface area contributed by atoms with Crippen molar-refractivity contribution in [1.82, 2.24) is 0 Å². The van der Waals surface area contributed by atoms with Gasteiger partial charge in [0.1, 0.15) is 0 Å². The molecule has 60 valence electrons. The van der Waals surface area contributed by atoms with Gasteiger partial charge in [0.25, 0.3) is 0 Å². The third-order valence-electron chi connectivity index (χ3n) is 0.704. The van der Waals surface area contributed by atoms with E-state index in [0.717, 1.165) is 0 Å². The fraction of sp³-hybridized carbons (Fsp3) is 0.500. The number of rotatable bonds is 3. The van der Waals surface area contributed by atoms with Crippen LogP contribution >= 0.6 is 0 Å². The first-order valence-corrected chi connectivity index (χ1v) is 5.07. The summed E-state index contributed by atoms with van der Waals surface area (Å²) in [5.41, 5.74) is 0. The first-order valence-electron chi connectivity index (χ1n) is 2.61. The number of hydrogen-bond acceptors (Lipinski definition) is 3. The van der Waals surface area contributed by atoms with E-state index in [1.165, 1.54) is 20.8 Å². The van der Waals surface area contributed by atoms with Crippen molar-refractivity contribution in [2.24, 2.45) is 0 Å². The number of carbonyl (C=O) groups is 3. The van der Waals surface area contributed by atoms with Crippen molar-refractivity contribution in [1.29, 1.82) is 0 Å². The topological polar surface area (TPSA) is 51.2 Å². The molecule has 0 aliphatic rings. The van der Waals surface area contributed by atoms with Gasteiger partial charge < -0.3 is 0 Å². The fourth-order valence-corrected chi connectivity index (χ4v) is 2.93. The van der Waals surface area contributed by atoms with Gasteiger partial charge in [0.2, 0.25) is 0 Å². The van der Waals surface area contributed by atoms with Crippen LogP contribution in [0.4, 0.5) is 0 Å². The zero-order valence-corrected chi connectivity index (χ0v) is 7.70. The van der Waals surface area contributed by atoms with Gasteiger partial charge in [-0.25, -0.2) is 0 Å². The Hall–Kier alpha value is -0.367. The molecule has 0 fully saturated rings. The van der Waals surface area contributed by atoms with Crippen LogP contribution < -0.4 is 0 Å². The molecule has 0 saturated carbocycles. The van der Waals surface area contributed by atoms with Crippen molar-refractivity contribution in [2.75, 3.05) is 0 Å². The second kappa shape index (κ2) is 3.72. The summed E-state index contributed by atoms with van der Waals surface area (Å²) in [6, 6.07) is 0. The molecular weight excluding hydrogens is 223 g/mol. The average molecular weight is 232 g/mol. The van der Waals surface area contributed by atoms with E-state index >= 15 is 0 Å². The van der Waals surface area contributed by atoms with E-state index in [-0.39, 0.29) is 13.1 Å². The Bertz CT molecular complexity index is 152. The molecule has 0 aliphatic carbocycles. The summed E-state index contributed by atoms with van der Waals surface area (Å²) in [7, 11) is 0. The Kier molecular flexibility index (Phi) is 3.58. The van der Waals surface area contributed by atoms with Gasteiger partial charge in [0.15, 0.2) is 0 Å². The van der Waals surface area contributed by atoms with Gasteiger partial charge in [-0.05, 0) is 0 Å². The van der Waals surface area contributed by atoms with Gasteiger partial charge in [-0.15, -0.1) is 0 Å². The van der Waals surface area contributed by atoms with Crippen molar-refractivity contribution >= 4 is 13.1 Å². The zero-order valence-electron chi connectivity index (χ0n) is 6.06. The Morgan fingerprint density at radius 3 is 1.00 bits per heavy atom. The van der Waals surface area contributed by atoms with Crippen molar-refractivity contribution in [3.8, 4) is 0 Å². The molecular formula is C6H9O3Rh. The van der Waals surface area contributed by atoms with Gasteiger partial charge in [-0.1, -0.05) is 0 Å². The van der Waals surface area contributed by atoms with Crippen molar-refractivity contribution in [2.45, 2.75) is 20.8 Å². The molecule has 0 rings (SSSR count).